The van der Waals surface area contributed by atoms with Crippen LogP contribution in [0, 0.1) is 29.5 Å². The van der Waals surface area contributed by atoms with Gasteiger partial charge in [0.05, 0.1) is 5.56 Å². The number of benzene rings is 3. The van der Waals surface area contributed by atoms with Crippen LogP contribution in [0.4, 0.5) is 4.39 Å². The lowest BCUT2D eigenvalue weighted by atomic mass is 9.80. The third-order valence-electron chi connectivity index (χ3n) is 6.18. The zero-order valence-corrected chi connectivity index (χ0v) is 18.1. The van der Waals surface area contributed by atoms with E-state index in [4.69, 9.17) is 4.74 Å². The molecule has 3 aromatic carbocycles. The molecular formula is C29H27FO2. The molecule has 4 rings (SSSR count). The summed E-state index contributed by atoms with van der Waals surface area (Å²) in [7, 11) is 0. The van der Waals surface area contributed by atoms with Crippen molar-refractivity contribution in [1.29, 1.82) is 0 Å². The molecule has 3 heteroatoms. The quantitative estimate of drug-likeness (QED) is 0.185. The second-order valence-corrected chi connectivity index (χ2v) is 8.44. The molecule has 0 bridgehead atoms. The zero-order chi connectivity index (χ0) is 22.3. The number of hydrogen-bond donors (Lipinski definition) is 0. The maximum atomic E-state index is 13.8. The average Bonchev–Trinajstić information content (AvgIpc) is 2.82. The number of hydrogen-bond acceptors (Lipinski definition) is 2. The summed E-state index contributed by atoms with van der Waals surface area (Å²) in [5.74, 6) is 7.59. The van der Waals surface area contributed by atoms with Crippen molar-refractivity contribution in [3.05, 3.63) is 90.3 Å². The van der Waals surface area contributed by atoms with E-state index < -0.39 is 5.97 Å². The van der Waals surface area contributed by atoms with Gasteiger partial charge in [-0.2, -0.15) is 0 Å². The van der Waals surface area contributed by atoms with Gasteiger partial charge in [0.15, 0.2) is 0 Å². The molecular weight excluding hydrogens is 399 g/mol. The molecule has 0 saturated heterocycles. The number of rotatable bonds is 5. The molecule has 32 heavy (non-hydrogen) atoms. The highest BCUT2D eigenvalue weighted by Gasteiger charge is 2.19. The topological polar surface area (TPSA) is 26.3 Å². The Bertz CT molecular complexity index is 1160. The van der Waals surface area contributed by atoms with Gasteiger partial charge in [0, 0.05) is 16.9 Å². The molecule has 3 aromatic rings. The largest absolute Gasteiger partial charge is 0.423 e. The molecule has 2 nitrogen and oxygen atoms in total. The normalized spacial score (nSPS) is 17.9. The third-order valence-corrected chi connectivity index (χ3v) is 6.18. The summed E-state index contributed by atoms with van der Waals surface area (Å²) in [6.07, 6.45) is 9.18. The maximum Gasteiger partial charge on any atom is 0.343 e. The van der Waals surface area contributed by atoms with Gasteiger partial charge < -0.3 is 4.74 Å². The maximum absolute atomic E-state index is 13.8. The van der Waals surface area contributed by atoms with Crippen molar-refractivity contribution < 1.29 is 13.9 Å². The van der Waals surface area contributed by atoms with Crippen LogP contribution in [0.15, 0.2) is 73.3 Å². The number of fused-ring (bicyclic) bond motifs is 1. The van der Waals surface area contributed by atoms with Crippen molar-refractivity contribution in [2.24, 2.45) is 11.8 Å². The van der Waals surface area contributed by atoms with Crippen molar-refractivity contribution in [2.75, 3.05) is 0 Å². The minimum absolute atomic E-state index is 0.294. The van der Waals surface area contributed by atoms with Gasteiger partial charge in [0.25, 0.3) is 0 Å². The molecule has 0 aromatic heterocycles. The lowest BCUT2D eigenvalue weighted by Gasteiger charge is -2.25. The Morgan fingerprint density at radius 3 is 2.59 bits per heavy atom. The van der Waals surface area contributed by atoms with Gasteiger partial charge in [-0.15, -0.1) is 6.58 Å². The van der Waals surface area contributed by atoms with Crippen molar-refractivity contribution in [3.8, 4) is 17.6 Å². The number of carbonyl (C=O) groups is 1. The van der Waals surface area contributed by atoms with E-state index in [-0.39, 0.29) is 5.82 Å². The van der Waals surface area contributed by atoms with Crippen LogP contribution in [0.1, 0.15) is 54.4 Å². The first kappa shape index (κ1) is 21.8. The van der Waals surface area contributed by atoms with E-state index in [9.17, 15) is 9.18 Å². The Hall–Kier alpha value is -3.38. The summed E-state index contributed by atoms with van der Waals surface area (Å²) in [5.41, 5.74) is 1.36. The minimum Gasteiger partial charge on any atom is -0.423 e. The van der Waals surface area contributed by atoms with Crippen LogP contribution in [0.5, 0.6) is 5.75 Å². The van der Waals surface area contributed by atoms with Crippen molar-refractivity contribution in [2.45, 2.75) is 38.5 Å². The second-order valence-electron chi connectivity index (χ2n) is 8.44. The summed E-state index contributed by atoms with van der Waals surface area (Å²) >= 11 is 0. The molecule has 162 valence electrons. The predicted octanol–water partition coefficient (Wildman–Crippen LogP) is 7.32. The summed E-state index contributed by atoms with van der Waals surface area (Å²) < 4.78 is 19.3. The number of esters is 1. The minimum atomic E-state index is -0.446. The van der Waals surface area contributed by atoms with Gasteiger partial charge >= 0.3 is 5.97 Å². The number of ether oxygens (including phenoxy) is 1. The number of allylic oxidation sites excluding steroid dienone is 1. The fraction of sp³-hybridized carbons (Fsp3) is 0.276. The molecule has 0 radical (unpaired) electrons. The van der Waals surface area contributed by atoms with Crippen LogP contribution in [0.3, 0.4) is 0 Å². The van der Waals surface area contributed by atoms with Gasteiger partial charge in [-0.25, -0.2) is 9.18 Å². The molecule has 1 aliphatic carbocycles. The monoisotopic (exact) mass is 426 g/mol. The lowest BCUT2D eigenvalue weighted by Crippen LogP contribution is -2.13. The molecule has 0 amide bonds. The van der Waals surface area contributed by atoms with Crippen molar-refractivity contribution in [1.82, 2.24) is 0 Å². The van der Waals surface area contributed by atoms with E-state index >= 15 is 0 Å². The Morgan fingerprint density at radius 2 is 1.84 bits per heavy atom. The molecule has 0 spiro atoms. The van der Waals surface area contributed by atoms with Crippen molar-refractivity contribution in [3.63, 3.8) is 0 Å². The van der Waals surface area contributed by atoms with Crippen LogP contribution in [0.2, 0.25) is 0 Å². The zero-order valence-electron chi connectivity index (χ0n) is 18.1. The summed E-state index contributed by atoms with van der Waals surface area (Å²) in [6.45, 7) is 3.81. The van der Waals surface area contributed by atoms with E-state index in [0.717, 1.165) is 30.7 Å². The highest BCUT2D eigenvalue weighted by molar-refractivity contribution is 5.92. The van der Waals surface area contributed by atoms with E-state index in [1.807, 2.05) is 18.2 Å². The van der Waals surface area contributed by atoms with E-state index in [2.05, 4.69) is 18.4 Å². The summed E-state index contributed by atoms with van der Waals surface area (Å²) in [4.78, 5) is 12.5. The summed E-state index contributed by atoms with van der Waals surface area (Å²) in [5, 5.41) is 1.19. The van der Waals surface area contributed by atoms with Crippen molar-refractivity contribution >= 4 is 16.7 Å². The standard InChI is InChI=1S/C29H27FO2/c1-2-3-5-21-8-10-22(11-9-21)12-13-23-14-16-24(17-15-23)29(31)32-26-18-19-27-25(20-26)6-4-7-28(27)30/h2,4,6-7,14-22H,1,3,5,8-11H2. The van der Waals surface area contributed by atoms with Gasteiger partial charge in [-0.1, -0.05) is 30.0 Å². The first-order valence-electron chi connectivity index (χ1n) is 11.3. The smallest absolute Gasteiger partial charge is 0.343 e. The molecule has 0 atom stereocenters. The van der Waals surface area contributed by atoms with Gasteiger partial charge in [0.2, 0.25) is 0 Å². The van der Waals surface area contributed by atoms with Crippen LogP contribution in [-0.4, -0.2) is 5.97 Å². The number of halogens is 1. The lowest BCUT2D eigenvalue weighted by molar-refractivity contribution is 0.0735. The SMILES string of the molecule is C=CCCC1CCC(C#Cc2ccc(C(=O)Oc3ccc4c(F)cccc4c3)cc2)CC1. The predicted molar refractivity (Wildman–Crippen MR) is 127 cm³/mol. The molecule has 0 N–H and O–H groups in total. The van der Waals surface area contributed by atoms with Crippen LogP contribution in [0.25, 0.3) is 10.8 Å². The van der Waals surface area contributed by atoms with E-state index in [1.54, 1.807) is 42.5 Å². The van der Waals surface area contributed by atoms with Gasteiger partial charge in [-0.05, 0) is 98.4 Å². The Balaban J connectivity index is 1.34. The Kier molecular flexibility index (Phi) is 7.02. The first-order chi connectivity index (χ1) is 15.6. The van der Waals surface area contributed by atoms with Crippen LogP contribution in [-0.2, 0) is 0 Å². The molecule has 1 fully saturated rings. The second kappa shape index (κ2) is 10.3. The first-order valence-corrected chi connectivity index (χ1v) is 11.3. The fourth-order valence-electron chi connectivity index (χ4n) is 4.28. The number of carbonyl (C=O) groups excluding carboxylic acids is 1. The molecule has 0 aliphatic heterocycles. The molecule has 0 unspecified atom stereocenters. The van der Waals surface area contributed by atoms with Gasteiger partial charge in [-0.3, -0.25) is 0 Å². The molecule has 1 aliphatic rings. The highest BCUT2D eigenvalue weighted by atomic mass is 19.1. The average molecular weight is 427 g/mol. The van der Waals surface area contributed by atoms with E-state index in [1.165, 1.54) is 25.3 Å². The molecule has 0 heterocycles. The van der Waals surface area contributed by atoms with Crippen LogP contribution < -0.4 is 4.74 Å². The molecule has 1 saturated carbocycles. The van der Waals surface area contributed by atoms with Gasteiger partial charge in [0.1, 0.15) is 11.6 Å². The Morgan fingerprint density at radius 1 is 1.06 bits per heavy atom. The third kappa shape index (κ3) is 5.45. The fourth-order valence-corrected chi connectivity index (χ4v) is 4.28. The Labute approximate surface area is 189 Å². The highest BCUT2D eigenvalue weighted by Crippen LogP contribution is 2.31. The van der Waals surface area contributed by atoms with Crippen LogP contribution >= 0.6 is 0 Å². The summed E-state index contributed by atoms with van der Waals surface area (Å²) in [6, 6.07) is 16.9. The van der Waals surface area contributed by atoms with E-state index in [0.29, 0.717) is 28.0 Å².